The fourth-order valence-corrected chi connectivity index (χ4v) is 1.38. The molecule has 0 saturated heterocycles. The van der Waals surface area contributed by atoms with Gasteiger partial charge in [-0.1, -0.05) is 6.07 Å². The number of rotatable bonds is 4. The molecule has 1 heterocycles. The zero-order valence-electron chi connectivity index (χ0n) is 11.6. The maximum atomic E-state index is 11.9. The van der Waals surface area contributed by atoms with E-state index in [1.54, 1.807) is 6.07 Å². The van der Waals surface area contributed by atoms with Crippen LogP contribution in [0.3, 0.4) is 0 Å². The number of carboxylic acids is 1. The number of carbonyl (C=O) groups excluding carboxylic acids is 1. The van der Waals surface area contributed by atoms with Gasteiger partial charge in [-0.15, -0.1) is 0 Å². The number of amides is 2. The van der Waals surface area contributed by atoms with Gasteiger partial charge >= 0.3 is 12.0 Å². The van der Waals surface area contributed by atoms with Crippen LogP contribution in [-0.2, 0) is 11.3 Å². The Morgan fingerprint density at radius 3 is 2.58 bits per heavy atom. The Bertz CT molecular complexity index is 486. The summed E-state index contributed by atoms with van der Waals surface area (Å²) in [6, 6.07) is 5.07. The highest BCUT2D eigenvalue weighted by Gasteiger charge is 2.35. The van der Waals surface area contributed by atoms with Crippen molar-refractivity contribution in [1.29, 1.82) is 0 Å². The van der Waals surface area contributed by atoms with Crippen molar-refractivity contribution in [2.24, 2.45) is 0 Å². The summed E-state index contributed by atoms with van der Waals surface area (Å²) in [7, 11) is 1.45. The van der Waals surface area contributed by atoms with Gasteiger partial charge in [0.05, 0.1) is 12.2 Å². The normalized spacial score (nSPS) is 10.9. The Hall–Kier alpha value is -2.11. The zero-order valence-corrected chi connectivity index (χ0v) is 11.6. The molecule has 0 radical (unpaired) electrons. The van der Waals surface area contributed by atoms with Gasteiger partial charge in [-0.05, 0) is 32.9 Å². The lowest BCUT2D eigenvalue weighted by molar-refractivity contribution is -0.146. The van der Waals surface area contributed by atoms with Crippen LogP contribution in [0.25, 0.3) is 0 Å². The van der Waals surface area contributed by atoms with Crippen molar-refractivity contribution in [2.45, 2.75) is 32.9 Å². The molecule has 1 aromatic rings. The number of nitrogens with zero attached hydrogens (tertiary/aromatic N) is 2. The molecule has 19 heavy (non-hydrogen) atoms. The summed E-state index contributed by atoms with van der Waals surface area (Å²) in [5, 5.41) is 11.7. The fourth-order valence-electron chi connectivity index (χ4n) is 1.38. The van der Waals surface area contributed by atoms with Gasteiger partial charge in [0.1, 0.15) is 5.54 Å². The first-order chi connectivity index (χ1) is 8.75. The molecular formula is C13H19N3O3. The average molecular weight is 265 g/mol. The molecule has 0 saturated carbocycles. The van der Waals surface area contributed by atoms with Crippen LogP contribution in [0.1, 0.15) is 25.2 Å². The maximum absolute atomic E-state index is 11.9. The van der Waals surface area contributed by atoms with E-state index in [9.17, 15) is 9.59 Å². The summed E-state index contributed by atoms with van der Waals surface area (Å²) < 4.78 is 0. The van der Waals surface area contributed by atoms with E-state index in [2.05, 4.69) is 10.3 Å². The molecule has 0 fully saturated rings. The molecule has 1 aromatic heterocycles. The Balaban J connectivity index is 2.63. The minimum atomic E-state index is -1.26. The number of urea groups is 1. The number of carboxylic acid groups (broad SMARTS) is 1. The van der Waals surface area contributed by atoms with E-state index in [0.717, 1.165) is 16.3 Å². The number of nitrogens with one attached hydrogen (secondary N) is 1. The van der Waals surface area contributed by atoms with E-state index in [1.165, 1.54) is 20.9 Å². The lowest BCUT2D eigenvalue weighted by Crippen LogP contribution is -2.53. The molecule has 6 nitrogen and oxygen atoms in total. The van der Waals surface area contributed by atoms with Crippen LogP contribution in [0.15, 0.2) is 18.2 Å². The van der Waals surface area contributed by atoms with Crippen molar-refractivity contribution in [1.82, 2.24) is 15.2 Å². The number of aliphatic carboxylic acids is 1. The topological polar surface area (TPSA) is 82.5 Å². The van der Waals surface area contributed by atoms with E-state index < -0.39 is 17.5 Å². The van der Waals surface area contributed by atoms with Gasteiger partial charge in [-0.3, -0.25) is 4.98 Å². The van der Waals surface area contributed by atoms with Crippen LogP contribution in [-0.4, -0.2) is 39.6 Å². The van der Waals surface area contributed by atoms with Crippen molar-refractivity contribution >= 4 is 12.0 Å². The molecule has 0 aliphatic rings. The van der Waals surface area contributed by atoms with Gasteiger partial charge in [0.15, 0.2) is 0 Å². The predicted molar refractivity (Wildman–Crippen MR) is 70.7 cm³/mol. The van der Waals surface area contributed by atoms with Gasteiger partial charge in [0.25, 0.3) is 0 Å². The van der Waals surface area contributed by atoms with Crippen molar-refractivity contribution in [2.75, 3.05) is 7.05 Å². The summed E-state index contributed by atoms with van der Waals surface area (Å²) in [6.07, 6.45) is 0. The molecule has 0 unspecified atom stereocenters. The third-order valence-corrected chi connectivity index (χ3v) is 3.03. The Morgan fingerprint density at radius 1 is 1.42 bits per heavy atom. The van der Waals surface area contributed by atoms with Crippen molar-refractivity contribution < 1.29 is 14.7 Å². The van der Waals surface area contributed by atoms with Crippen LogP contribution in [0.5, 0.6) is 0 Å². The third-order valence-electron chi connectivity index (χ3n) is 3.03. The average Bonchev–Trinajstić information content (AvgIpc) is 2.34. The molecule has 1 rings (SSSR count). The monoisotopic (exact) mass is 265 g/mol. The lowest BCUT2D eigenvalue weighted by Gasteiger charge is -2.31. The predicted octanol–water partition coefficient (Wildman–Crippen LogP) is 1.39. The summed E-state index contributed by atoms with van der Waals surface area (Å²) in [6.45, 7) is 5.07. The second kappa shape index (κ2) is 5.69. The SMILES string of the molecule is Cc1cccc(CNC(=O)N(C)C(C)(C)C(=O)O)n1. The molecule has 2 N–H and O–H groups in total. The molecule has 2 amide bonds. The first-order valence-electron chi connectivity index (χ1n) is 5.92. The Kier molecular flexibility index (Phi) is 4.47. The van der Waals surface area contributed by atoms with Crippen LogP contribution < -0.4 is 5.32 Å². The van der Waals surface area contributed by atoms with Crippen molar-refractivity contribution in [3.05, 3.63) is 29.6 Å². The van der Waals surface area contributed by atoms with Crippen LogP contribution in [0, 0.1) is 6.92 Å². The number of aryl methyl sites for hydroxylation is 1. The molecule has 0 atom stereocenters. The number of hydrogen-bond donors (Lipinski definition) is 2. The largest absolute Gasteiger partial charge is 0.480 e. The second-order valence-electron chi connectivity index (χ2n) is 4.85. The van der Waals surface area contributed by atoms with Gasteiger partial charge in [0, 0.05) is 12.7 Å². The summed E-state index contributed by atoms with van der Waals surface area (Å²) in [5.74, 6) is -1.06. The van der Waals surface area contributed by atoms with Gasteiger partial charge < -0.3 is 15.3 Å². The highest BCUT2D eigenvalue weighted by molar-refractivity contribution is 5.85. The Labute approximate surface area is 112 Å². The molecule has 0 aliphatic carbocycles. The van der Waals surface area contributed by atoms with E-state index in [4.69, 9.17) is 5.11 Å². The molecule has 0 bridgehead atoms. The zero-order chi connectivity index (χ0) is 14.6. The van der Waals surface area contributed by atoms with Crippen molar-refractivity contribution in [3.63, 3.8) is 0 Å². The number of likely N-dealkylation sites (N-methyl/N-ethyl adjacent to an activating group) is 1. The molecule has 6 heteroatoms. The summed E-state index contributed by atoms with van der Waals surface area (Å²) >= 11 is 0. The van der Waals surface area contributed by atoms with E-state index in [-0.39, 0.29) is 6.54 Å². The highest BCUT2D eigenvalue weighted by Crippen LogP contribution is 2.12. The van der Waals surface area contributed by atoms with Crippen LogP contribution in [0.2, 0.25) is 0 Å². The van der Waals surface area contributed by atoms with Crippen LogP contribution >= 0.6 is 0 Å². The lowest BCUT2D eigenvalue weighted by atomic mass is 10.1. The third kappa shape index (κ3) is 3.67. The molecule has 0 aromatic carbocycles. The quantitative estimate of drug-likeness (QED) is 0.862. The van der Waals surface area contributed by atoms with Gasteiger partial charge in [-0.2, -0.15) is 0 Å². The Morgan fingerprint density at radius 2 is 2.05 bits per heavy atom. The second-order valence-corrected chi connectivity index (χ2v) is 4.85. The minimum Gasteiger partial charge on any atom is -0.480 e. The first kappa shape index (κ1) is 14.9. The molecule has 104 valence electrons. The first-order valence-corrected chi connectivity index (χ1v) is 5.92. The number of carbonyl (C=O) groups is 2. The molecule has 0 aliphatic heterocycles. The van der Waals surface area contributed by atoms with E-state index in [0.29, 0.717) is 0 Å². The molecule has 0 spiro atoms. The standard InChI is InChI=1S/C13H19N3O3/c1-9-6-5-7-10(15-9)8-14-12(19)16(4)13(2,3)11(17)18/h5-7H,8H2,1-4H3,(H,14,19)(H,17,18). The van der Waals surface area contributed by atoms with Crippen molar-refractivity contribution in [3.8, 4) is 0 Å². The van der Waals surface area contributed by atoms with Gasteiger partial charge in [0.2, 0.25) is 0 Å². The van der Waals surface area contributed by atoms with E-state index >= 15 is 0 Å². The molecular weight excluding hydrogens is 246 g/mol. The van der Waals surface area contributed by atoms with E-state index in [1.807, 2.05) is 19.1 Å². The van der Waals surface area contributed by atoms with Gasteiger partial charge in [-0.25, -0.2) is 9.59 Å². The maximum Gasteiger partial charge on any atom is 0.329 e. The fraction of sp³-hybridized carbons (Fsp3) is 0.462. The number of pyridine rings is 1. The van der Waals surface area contributed by atoms with Crippen LogP contribution in [0.4, 0.5) is 4.79 Å². The smallest absolute Gasteiger partial charge is 0.329 e. The highest BCUT2D eigenvalue weighted by atomic mass is 16.4. The number of hydrogen-bond acceptors (Lipinski definition) is 3. The summed E-state index contributed by atoms with van der Waals surface area (Å²) in [5.41, 5.74) is 0.338. The number of aromatic nitrogens is 1. The minimum absolute atomic E-state index is 0.264. The summed E-state index contributed by atoms with van der Waals surface area (Å²) in [4.78, 5) is 28.3.